The summed E-state index contributed by atoms with van der Waals surface area (Å²) < 4.78 is 4.94. The third-order valence-corrected chi connectivity index (χ3v) is 2.46. The molecule has 0 aliphatic rings. The highest BCUT2D eigenvalue weighted by molar-refractivity contribution is 6.39. The number of aromatic carboxylic acids is 1. The fourth-order valence-electron chi connectivity index (χ4n) is 1.48. The van der Waals surface area contributed by atoms with Crippen LogP contribution in [0, 0.1) is 0 Å². The summed E-state index contributed by atoms with van der Waals surface area (Å²) in [4.78, 5) is 33.8. The van der Waals surface area contributed by atoms with Crippen LogP contribution in [0.3, 0.4) is 0 Å². The molecule has 2 rings (SSSR count). The van der Waals surface area contributed by atoms with Gasteiger partial charge in [-0.15, -0.1) is 0 Å². The topological polar surface area (TPSA) is 124 Å². The zero-order valence-electron chi connectivity index (χ0n) is 11.1. The Morgan fingerprint density at radius 2 is 1.95 bits per heavy atom. The number of rotatable bonds is 4. The Morgan fingerprint density at radius 3 is 2.64 bits per heavy atom. The highest BCUT2D eigenvalue weighted by atomic mass is 16.4. The summed E-state index contributed by atoms with van der Waals surface area (Å²) in [5, 5.41) is 16.5. The summed E-state index contributed by atoms with van der Waals surface area (Å²) >= 11 is 0. The van der Waals surface area contributed by atoms with Gasteiger partial charge in [-0.05, 0) is 29.8 Å². The van der Waals surface area contributed by atoms with Gasteiger partial charge in [0.2, 0.25) is 0 Å². The predicted octanol–water partition coefficient (Wildman–Crippen LogP) is -0.268. The number of benzene rings is 1. The van der Waals surface area contributed by atoms with Crippen LogP contribution >= 0.6 is 0 Å². The summed E-state index contributed by atoms with van der Waals surface area (Å²) in [5.41, 5.74) is 2.04. The highest BCUT2D eigenvalue weighted by Crippen LogP contribution is 2.09. The highest BCUT2D eigenvalue weighted by Gasteiger charge is 2.13. The first kappa shape index (κ1) is 15.0. The number of hydrogen-bond acceptors (Lipinski definition) is 6. The van der Waals surface area contributed by atoms with Crippen LogP contribution < -0.4 is 15.8 Å². The Hall–Kier alpha value is -3.42. The van der Waals surface area contributed by atoms with E-state index in [-0.39, 0.29) is 11.3 Å². The molecule has 0 aliphatic heterocycles. The fraction of sp³-hybridized carbons (Fsp3) is 0. The lowest BCUT2D eigenvalue weighted by molar-refractivity contribution is -0.255. The van der Waals surface area contributed by atoms with Gasteiger partial charge in [-0.3, -0.25) is 9.59 Å². The van der Waals surface area contributed by atoms with Gasteiger partial charge >= 0.3 is 11.8 Å². The molecular formula is C14H10N3O5-. The van der Waals surface area contributed by atoms with Gasteiger partial charge in [-0.25, -0.2) is 5.43 Å². The molecule has 0 unspecified atom stereocenters. The van der Waals surface area contributed by atoms with E-state index in [0.29, 0.717) is 5.76 Å². The monoisotopic (exact) mass is 300 g/mol. The first-order valence-corrected chi connectivity index (χ1v) is 6.05. The lowest BCUT2D eigenvalue weighted by Gasteiger charge is -2.07. The molecule has 112 valence electrons. The van der Waals surface area contributed by atoms with Gasteiger partial charge in [0.05, 0.1) is 18.4 Å². The van der Waals surface area contributed by atoms with Crippen LogP contribution in [0.25, 0.3) is 0 Å². The molecule has 0 bridgehead atoms. The van der Waals surface area contributed by atoms with Crippen molar-refractivity contribution >= 4 is 29.7 Å². The lowest BCUT2D eigenvalue weighted by atomic mass is 10.2. The van der Waals surface area contributed by atoms with Gasteiger partial charge in [0.1, 0.15) is 5.76 Å². The molecule has 0 fully saturated rings. The Kier molecular flexibility index (Phi) is 4.66. The molecule has 8 heteroatoms. The third kappa shape index (κ3) is 4.04. The Balaban J connectivity index is 1.92. The molecule has 0 aliphatic carbocycles. The van der Waals surface area contributed by atoms with Crippen LogP contribution in [0.4, 0.5) is 5.69 Å². The van der Waals surface area contributed by atoms with Gasteiger partial charge in [-0.1, -0.05) is 12.1 Å². The molecule has 0 saturated carbocycles. The first-order valence-electron chi connectivity index (χ1n) is 6.05. The minimum Gasteiger partial charge on any atom is -0.545 e. The lowest BCUT2D eigenvalue weighted by Crippen LogP contribution is -2.32. The zero-order chi connectivity index (χ0) is 15.9. The number of nitrogens with zero attached hydrogens (tertiary/aromatic N) is 1. The van der Waals surface area contributed by atoms with Crippen molar-refractivity contribution in [3.05, 3.63) is 54.0 Å². The van der Waals surface area contributed by atoms with E-state index < -0.39 is 17.8 Å². The van der Waals surface area contributed by atoms with Crippen molar-refractivity contribution < 1.29 is 23.9 Å². The number of amides is 2. The van der Waals surface area contributed by atoms with Crippen LogP contribution in [0.1, 0.15) is 16.1 Å². The average Bonchev–Trinajstić information content (AvgIpc) is 3.00. The maximum atomic E-state index is 11.6. The van der Waals surface area contributed by atoms with Crippen molar-refractivity contribution in [3.63, 3.8) is 0 Å². The van der Waals surface area contributed by atoms with Crippen molar-refractivity contribution in [2.24, 2.45) is 5.10 Å². The second kappa shape index (κ2) is 6.84. The van der Waals surface area contributed by atoms with Gasteiger partial charge in [0.25, 0.3) is 0 Å². The Morgan fingerprint density at radius 1 is 1.14 bits per heavy atom. The van der Waals surface area contributed by atoms with E-state index in [2.05, 4.69) is 10.4 Å². The number of hydrazone groups is 1. The summed E-state index contributed by atoms with van der Waals surface area (Å²) in [6.07, 6.45) is 2.65. The molecule has 22 heavy (non-hydrogen) atoms. The van der Waals surface area contributed by atoms with Gasteiger partial charge in [-0.2, -0.15) is 5.10 Å². The summed E-state index contributed by atoms with van der Waals surface area (Å²) in [6, 6.07) is 8.57. The molecule has 2 amide bonds. The van der Waals surface area contributed by atoms with Crippen LogP contribution in [-0.2, 0) is 9.59 Å². The molecule has 0 spiro atoms. The van der Waals surface area contributed by atoms with Crippen molar-refractivity contribution in [3.8, 4) is 0 Å². The van der Waals surface area contributed by atoms with Crippen LogP contribution in [0.15, 0.2) is 52.2 Å². The summed E-state index contributed by atoms with van der Waals surface area (Å²) in [6.45, 7) is 0. The fourth-order valence-corrected chi connectivity index (χ4v) is 1.48. The molecule has 0 radical (unpaired) electrons. The average molecular weight is 300 g/mol. The van der Waals surface area contributed by atoms with E-state index in [1.807, 2.05) is 5.43 Å². The Labute approximate surface area is 124 Å². The molecule has 0 atom stereocenters. The normalized spacial score (nSPS) is 10.4. The minimum atomic E-state index is -1.39. The maximum Gasteiger partial charge on any atom is 0.329 e. The van der Waals surface area contributed by atoms with Crippen LogP contribution in [0.5, 0.6) is 0 Å². The van der Waals surface area contributed by atoms with Crippen molar-refractivity contribution in [1.29, 1.82) is 0 Å². The molecule has 8 nitrogen and oxygen atoms in total. The molecule has 1 aromatic carbocycles. The third-order valence-electron chi connectivity index (χ3n) is 2.46. The van der Waals surface area contributed by atoms with Gasteiger partial charge in [0.15, 0.2) is 0 Å². The SMILES string of the molecule is O=C(N/N=C\c1ccco1)C(=O)Nc1cccc(C(=O)[O-])c1. The number of carbonyl (C=O) groups excluding carboxylic acids is 3. The molecular weight excluding hydrogens is 290 g/mol. The van der Waals surface area contributed by atoms with E-state index in [4.69, 9.17) is 4.42 Å². The predicted molar refractivity (Wildman–Crippen MR) is 73.8 cm³/mol. The van der Waals surface area contributed by atoms with E-state index in [9.17, 15) is 19.5 Å². The Bertz CT molecular complexity index is 722. The second-order valence-electron chi connectivity index (χ2n) is 4.04. The standard InChI is InChI=1S/C14H11N3O5/c18-12(13(19)17-15-8-11-5-2-6-22-11)16-10-4-1-3-9(7-10)14(20)21/h1-8H,(H,16,18)(H,17,19)(H,20,21)/p-1/b15-8-. The number of carboxylic acids is 1. The van der Waals surface area contributed by atoms with E-state index in [1.165, 1.54) is 36.7 Å². The smallest absolute Gasteiger partial charge is 0.329 e. The number of carboxylic acid groups (broad SMARTS) is 1. The molecule has 2 aromatic rings. The molecule has 0 saturated heterocycles. The van der Waals surface area contributed by atoms with Crippen LogP contribution in [0.2, 0.25) is 0 Å². The van der Waals surface area contributed by atoms with Crippen molar-refractivity contribution in [2.45, 2.75) is 0 Å². The second-order valence-corrected chi connectivity index (χ2v) is 4.04. The van der Waals surface area contributed by atoms with E-state index in [1.54, 1.807) is 12.1 Å². The van der Waals surface area contributed by atoms with Crippen LogP contribution in [-0.4, -0.2) is 24.0 Å². The minimum absolute atomic E-state index is 0.117. The van der Waals surface area contributed by atoms with Crippen molar-refractivity contribution in [1.82, 2.24) is 5.43 Å². The summed E-state index contributed by atoms with van der Waals surface area (Å²) in [5.74, 6) is -2.99. The van der Waals surface area contributed by atoms with E-state index >= 15 is 0 Å². The number of nitrogens with one attached hydrogen (secondary N) is 2. The molecule has 2 N–H and O–H groups in total. The van der Waals surface area contributed by atoms with E-state index in [0.717, 1.165) is 0 Å². The molecule has 1 heterocycles. The van der Waals surface area contributed by atoms with Crippen molar-refractivity contribution in [2.75, 3.05) is 5.32 Å². The number of furan rings is 1. The first-order chi connectivity index (χ1) is 10.6. The number of anilines is 1. The molecule has 1 aromatic heterocycles. The van der Waals surface area contributed by atoms with Gasteiger partial charge < -0.3 is 19.6 Å². The quantitative estimate of drug-likeness (QED) is 0.457. The zero-order valence-corrected chi connectivity index (χ0v) is 11.1. The summed E-state index contributed by atoms with van der Waals surface area (Å²) in [7, 11) is 0. The number of carbonyl (C=O) groups is 3. The largest absolute Gasteiger partial charge is 0.545 e. The van der Waals surface area contributed by atoms with Gasteiger partial charge in [0, 0.05) is 5.69 Å². The number of hydrogen-bond donors (Lipinski definition) is 2. The maximum absolute atomic E-state index is 11.6.